The largest absolute Gasteiger partial charge is 0.490 e. The Morgan fingerprint density at radius 3 is 2.39 bits per heavy atom. The van der Waals surface area contributed by atoms with Gasteiger partial charge in [-0.05, 0) is 39.8 Å². The SMILES string of the molecule is C/C=C\c1c(N2CCNCC2)ccc(OC2CCN(C(=O)OC(C)(C)C)CC2)c1C=N. The second kappa shape index (κ2) is 10.2. The zero-order valence-electron chi connectivity index (χ0n) is 19.2. The number of carbonyl (C=O) groups excluding carboxylic acids is 1. The van der Waals surface area contributed by atoms with Gasteiger partial charge in [-0.2, -0.15) is 0 Å². The molecule has 2 saturated heterocycles. The van der Waals surface area contributed by atoms with Gasteiger partial charge in [0.2, 0.25) is 0 Å². The summed E-state index contributed by atoms with van der Waals surface area (Å²) < 4.78 is 11.8. The van der Waals surface area contributed by atoms with E-state index in [2.05, 4.69) is 22.4 Å². The molecule has 2 heterocycles. The van der Waals surface area contributed by atoms with E-state index in [-0.39, 0.29) is 12.2 Å². The van der Waals surface area contributed by atoms with Crippen LogP contribution >= 0.6 is 0 Å². The molecule has 2 fully saturated rings. The average molecular weight is 429 g/mol. The molecule has 0 aliphatic carbocycles. The van der Waals surface area contributed by atoms with Crippen LogP contribution in [0.2, 0.25) is 0 Å². The molecule has 0 unspecified atom stereocenters. The number of benzene rings is 1. The number of carbonyl (C=O) groups is 1. The fourth-order valence-electron chi connectivity index (χ4n) is 4.04. The molecule has 2 aliphatic rings. The molecule has 7 nitrogen and oxygen atoms in total. The summed E-state index contributed by atoms with van der Waals surface area (Å²) in [4.78, 5) is 16.4. The van der Waals surface area contributed by atoms with Crippen molar-refractivity contribution in [2.24, 2.45) is 0 Å². The molecule has 0 aromatic heterocycles. The van der Waals surface area contributed by atoms with Gasteiger partial charge in [0.05, 0.1) is 0 Å². The minimum absolute atomic E-state index is 0.0147. The van der Waals surface area contributed by atoms with Gasteiger partial charge in [-0.1, -0.05) is 12.2 Å². The highest BCUT2D eigenvalue weighted by molar-refractivity contribution is 5.91. The summed E-state index contributed by atoms with van der Waals surface area (Å²) in [5.74, 6) is 0.734. The van der Waals surface area contributed by atoms with E-state index in [4.69, 9.17) is 14.9 Å². The van der Waals surface area contributed by atoms with Gasteiger partial charge in [-0.25, -0.2) is 4.79 Å². The topological polar surface area (TPSA) is 77.9 Å². The van der Waals surface area contributed by atoms with Crippen molar-refractivity contribution >= 4 is 24.1 Å². The Bertz CT molecular complexity index is 802. The molecule has 0 saturated carbocycles. The van der Waals surface area contributed by atoms with E-state index < -0.39 is 5.60 Å². The number of rotatable bonds is 5. The van der Waals surface area contributed by atoms with E-state index in [0.717, 1.165) is 61.6 Å². The van der Waals surface area contributed by atoms with Gasteiger partial charge in [-0.3, -0.25) is 0 Å². The highest BCUT2D eigenvalue weighted by Gasteiger charge is 2.28. The summed E-state index contributed by atoms with van der Waals surface area (Å²) in [5.41, 5.74) is 2.50. The minimum Gasteiger partial charge on any atom is -0.490 e. The quantitative estimate of drug-likeness (QED) is 0.696. The molecule has 0 bridgehead atoms. The molecule has 1 aromatic rings. The first kappa shape index (κ1) is 23.1. The number of ether oxygens (including phenoxy) is 2. The first-order valence-corrected chi connectivity index (χ1v) is 11.2. The van der Waals surface area contributed by atoms with Crippen molar-refractivity contribution in [1.29, 1.82) is 5.41 Å². The van der Waals surface area contributed by atoms with Gasteiger partial charge in [0.25, 0.3) is 0 Å². The Morgan fingerprint density at radius 2 is 1.81 bits per heavy atom. The van der Waals surface area contributed by atoms with Crippen molar-refractivity contribution in [2.75, 3.05) is 44.2 Å². The summed E-state index contributed by atoms with van der Waals surface area (Å²) >= 11 is 0. The van der Waals surface area contributed by atoms with Crippen LogP contribution < -0.4 is 15.0 Å². The van der Waals surface area contributed by atoms with E-state index in [1.165, 1.54) is 6.21 Å². The summed E-state index contributed by atoms with van der Waals surface area (Å²) in [7, 11) is 0. The van der Waals surface area contributed by atoms with Gasteiger partial charge < -0.3 is 30.0 Å². The van der Waals surface area contributed by atoms with E-state index in [9.17, 15) is 4.79 Å². The van der Waals surface area contributed by atoms with Gasteiger partial charge in [0.15, 0.2) is 0 Å². The van der Waals surface area contributed by atoms with Crippen molar-refractivity contribution in [2.45, 2.75) is 52.2 Å². The number of piperazine rings is 1. The number of anilines is 1. The van der Waals surface area contributed by atoms with Crippen LogP contribution in [0.4, 0.5) is 10.5 Å². The lowest BCUT2D eigenvalue weighted by atomic mass is 10.0. The predicted molar refractivity (Wildman–Crippen MR) is 126 cm³/mol. The molecule has 0 radical (unpaired) electrons. The van der Waals surface area contributed by atoms with Gasteiger partial charge in [0.1, 0.15) is 17.5 Å². The molecule has 0 spiro atoms. The van der Waals surface area contributed by atoms with Crippen LogP contribution in [0.25, 0.3) is 6.08 Å². The molecule has 7 heteroatoms. The molecule has 1 aromatic carbocycles. The maximum Gasteiger partial charge on any atom is 0.410 e. The van der Waals surface area contributed by atoms with Crippen molar-refractivity contribution in [3.05, 3.63) is 29.3 Å². The van der Waals surface area contributed by atoms with Crippen molar-refractivity contribution in [1.82, 2.24) is 10.2 Å². The van der Waals surface area contributed by atoms with Crippen LogP contribution in [-0.2, 0) is 4.74 Å². The zero-order chi connectivity index (χ0) is 22.4. The molecule has 170 valence electrons. The smallest absolute Gasteiger partial charge is 0.410 e. The molecular formula is C24H36N4O3. The number of amides is 1. The number of piperidine rings is 1. The molecule has 2 aliphatic heterocycles. The van der Waals surface area contributed by atoms with Gasteiger partial charge in [0, 0.05) is 75.1 Å². The summed E-state index contributed by atoms with van der Waals surface area (Å²) in [6, 6.07) is 4.10. The molecule has 3 rings (SSSR count). The lowest BCUT2D eigenvalue weighted by Gasteiger charge is -2.34. The van der Waals surface area contributed by atoms with Crippen LogP contribution in [0.1, 0.15) is 51.7 Å². The van der Waals surface area contributed by atoms with Gasteiger partial charge in [-0.15, -0.1) is 0 Å². The first-order chi connectivity index (χ1) is 14.8. The van der Waals surface area contributed by atoms with Crippen molar-refractivity contribution < 1.29 is 14.3 Å². The Kier molecular flexibility index (Phi) is 7.59. The van der Waals surface area contributed by atoms with E-state index in [1.54, 1.807) is 4.90 Å². The normalized spacial score (nSPS) is 18.3. The molecule has 1 amide bonds. The summed E-state index contributed by atoms with van der Waals surface area (Å²) in [5, 5.41) is 11.5. The number of likely N-dealkylation sites (tertiary alicyclic amines) is 1. The highest BCUT2D eigenvalue weighted by atomic mass is 16.6. The maximum absolute atomic E-state index is 12.3. The Balaban J connectivity index is 1.71. The van der Waals surface area contributed by atoms with Crippen molar-refractivity contribution in [3.8, 4) is 5.75 Å². The fraction of sp³-hybridized carbons (Fsp3) is 0.583. The lowest BCUT2D eigenvalue weighted by Crippen LogP contribution is -2.44. The Labute approximate surface area is 185 Å². The summed E-state index contributed by atoms with van der Waals surface area (Å²) in [6.07, 6.45) is 6.71. The fourth-order valence-corrected chi connectivity index (χ4v) is 4.04. The minimum atomic E-state index is -0.487. The van der Waals surface area contributed by atoms with Crippen LogP contribution in [-0.4, -0.2) is 68.2 Å². The van der Waals surface area contributed by atoms with Crippen LogP contribution in [0.3, 0.4) is 0 Å². The first-order valence-electron chi connectivity index (χ1n) is 11.2. The van der Waals surface area contributed by atoms with Gasteiger partial charge >= 0.3 is 6.09 Å². The lowest BCUT2D eigenvalue weighted by molar-refractivity contribution is 0.0126. The number of hydrogen-bond donors (Lipinski definition) is 2. The maximum atomic E-state index is 12.3. The van der Waals surface area contributed by atoms with Crippen LogP contribution in [0, 0.1) is 5.41 Å². The molecule has 31 heavy (non-hydrogen) atoms. The second-order valence-electron chi connectivity index (χ2n) is 9.08. The van der Waals surface area contributed by atoms with E-state index in [1.807, 2.05) is 39.8 Å². The zero-order valence-corrected chi connectivity index (χ0v) is 19.2. The van der Waals surface area contributed by atoms with Crippen LogP contribution in [0.5, 0.6) is 5.75 Å². The highest BCUT2D eigenvalue weighted by Crippen LogP contribution is 2.33. The monoisotopic (exact) mass is 428 g/mol. The van der Waals surface area contributed by atoms with Crippen molar-refractivity contribution in [3.63, 3.8) is 0 Å². The molecule has 2 N–H and O–H groups in total. The standard InChI is InChI=1S/C24H36N4O3/c1-5-6-19-20(17-25)22(8-7-21(19)27-15-11-26-12-16-27)30-18-9-13-28(14-10-18)23(29)31-24(2,3)4/h5-8,17-18,25-26H,9-16H2,1-4H3/b6-5-,25-17?. The third kappa shape index (κ3) is 6.00. The number of nitrogens with one attached hydrogen (secondary N) is 2. The predicted octanol–water partition coefficient (Wildman–Crippen LogP) is 3.91. The second-order valence-corrected chi connectivity index (χ2v) is 9.08. The Hall–Kier alpha value is -2.54. The van der Waals surface area contributed by atoms with E-state index >= 15 is 0 Å². The number of nitrogens with zero attached hydrogens (tertiary/aromatic N) is 2. The molecular weight excluding hydrogens is 392 g/mol. The summed E-state index contributed by atoms with van der Waals surface area (Å²) in [6.45, 7) is 12.7. The third-order valence-electron chi connectivity index (χ3n) is 5.55. The van der Waals surface area contributed by atoms with Crippen LogP contribution in [0.15, 0.2) is 18.2 Å². The van der Waals surface area contributed by atoms with E-state index in [0.29, 0.717) is 13.1 Å². The molecule has 0 atom stereocenters. The third-order valence-corrected chi connectivity index (χ3v) is 5.55. The Morgan fingerprint density at radius 1 is 1.13 bits per heavy atom. The average Bonchev–Trinajstić information content (AvgIpc) is 2.74. The number of hydrogen-bond acceptors (Lipinski definition) is 6. The number of allylic oxidation sites excluding steroid dienone is 1.